The number of nitrogens with zero attached hydrogens (tertiary/aromatic N) is 4. The molecule has 4 heterocycles. The third-order valence-corrected chi connectivity index (χ3v) is 5.80. The molecule has 0 atom stereocenters. The molecule has 0 bridgehead atoms. The first-order valence-corrected chi connectivity index (χ1v) is 9.92. The van der Waals surface area contributed by atoms with Crippen LogP contribution in [-0.2, 0) is 6.54 Å². The fourth-order valence-electron chi connectivity index (χ4n) is 3.50. The quantitative estimate of drug-likeness (QED) is 0.844. The van der Waals surface area contributed by atoms with Gasteiger partial charge in [-0.3, -0.25) is 4.90 Å². The zero-order chi connectivity index (χ0) is 17.1. The number of hydrogen-bond donors (Lipinski definition) is 0. The molecule has 0 N–H and O–H groups in total. The molecule has 134 valence electrons. The summed E-state index contributed by atoms with van der Waals surface area (Å²) in [5, 5.41) is 2.03. The number of oxazole rings is 1. The van der Waals surface area contributed by atoms with Crippen LogP contribution in [-0.4, -0.2) is 65.0 Å². The van der Waals surface area contributed by atoms with Gasteiger partial charge in [-0.15, -0.1) is 11.3 Å². The van der Waals surface area contributed by atoms with E-state index >= 15 is 0 Å². The second kappa shape index (κ2) is 7.58. The molecule has 25 heavy (non-hydrogen) atoms. The second-order valence-corrected chi connectivity index (χ2v) is 7.66. The molecule has 2 aromatic heterocycles. The summed E-state index contributed by atoms with van der Waals surface area (Å²) < 4.78 is 5.59. The minimum absolute atomic E-state index is 0.223. The molecule has 0 unspecified atom stereocenters. The highest BCUT2D eigenvalue weighted by atomic mass is 32.1. The standard InChI is InChI=1S/C18H24N4O2S/c23-18(21-6-2-1-3-7-21)22-10-8-20(9-11-22)13-15-14-24-17(19-15)16-5-4-12-25-16/h4-5,12,14H,1-3,6-11,13H2. The monoisotopic (exact) mass is 360 g/mol. The van der Waals surface area contributed by atoms with Gasteiger partial charge in [-0.25, -0.2) is 9.78 Å². The summed E-state index contributed by atoms with van der Waals surface area (Å²) in [5.41, 5.74) is 0.958. The van der Waals surface area contributed by atoms with Gasteiger partial charge >= 0.3 is 6.03 Å². The van der Waals surface area contributed by atoms with Crippen molar-refractivity contribution in [2.75, 3.05) is 39.3 Å². The van der Waals surface area contributed by atoms with E-state index in [2.05, 4.69) is 9.88 Å². The van der Waals surface area contributed by atoms with E-state index in [1.54, 1.807) is 17.6 Å². The van der Waals surface area contributed by atoms with Gasteiger partial charge in [0, 0.05) is 45.8 Å². The number of likely N-dealkylation sites (tertiary alicyclic amines) is 1. The molecule has 2 fully saturated rings. The van der Waals surface area contributed by atoms with E-state index in [-0.39, 0.29) is 6.03 Å². The van der Waals surface area contributed by atoms with Gasteiger partial charge in [0.05, 0.1) is 10.6 Å². The number of urea groups is 1. The van der Waals surface area contributed by atoms with E-state index in [4.69, 9.17) is 4.42 Å². The van der Waals surface area contributed by atoms with Crippen LogP contribution in [0.3, 0.4) is 0 Å². The average Bonchev–Trinajstić information content (AvgIpc) is 3.34. The molecule has 2 aromatic rings. The van der Waals surface area contributed by atoms with Crippen molar-refractivity contribution in [2.24, 2.45) is 0 Å². The third-order valence-electron chi connectivity index (χ3n) is 4.94. The molecule has 4 rings (SSSR count). The Kier molecular flexibility index (Phi) is 5.03. The van der Waals surface area contributed by atoms with Crippen molar-refractivity contribution >= 4 is 17.4 Å². The summed E-state index contributed by atoms with van der Waals surface area (Å²) in [6.45, 7) is 5.99. The van der Waals surface area contributed by atoms with Gasteiger partial charge in [0.15, 0.2) is 0 Å². The highest BCUT2D eigenvalue weighted by Crippen LogP contribution is 2.24. The van der Waals surface area contributed by atoms with Gasteiger partial charge in [-0.2, -0.15) is 0 Å². The topological polar surface area (TPSA) is 52.8 Å². The summed E-state index contributed by atoms with van der Waals surface area (Å²) in [7, 11) is 0. The predicted molar refractivity (Wildman–Crippen MR) is 97.5 cm³/mol. The predicted octanol–water partition coefficient (Wildman–Crippen LogP) is 3.13. The molecule has 0 radical (unpaired) electrons. The van der Waals surface area contributed by atoms with Gasteiger partial charge in [0.2, 0.25) is 5.89 Å². The lowest BCUT2D eigenvalue weighted by Crippen LogP contribution is -2.53. The molecular formula is C18H24N4O2S. The summed E-state index contributed by atoms with van der Waals surface area (Å²) in [6.07, 6.45) is 5.29. The number of piperidine rings is 1. The molecular weight excluding hydrogens is 336 g/mol. The number of carbonyl (C=O) groups excluding carboxylic acids is 1. The Hall–Kier alpha value is -1.86. The van der Waals surface area contributed by atoms with Gasteiger partial charge in [0.25, 0.3) is 0 Å². The number of amides is 2. The molecule has 7 heteroatoms. The number of piperazine rings is 1. The van der Waals surface area contributed by atoms with E-state index in [0.29, 0.717) is 5.89 Å². The van der Waals surface area contributed by atoms with Crippen LogP contribution in [0.5, 0.6) is 0 Å². The van der Waals surface area contributed by atoms with E-state index in [1.165, 1.54) is 6.42 Å². The first-order chi connectivity index (χ1) is 12.3. The van der Waals surface area contributed by atoms with Gasteiger partial charge in [-0.1, -0.05) is 6.07 Å². The zero-order valence-electron chi connectivity index (χ0n) is 14.4. The molecule has 0 aliphatic carbocycles. The van der Waals surface area contributed by atoms with E-state index < -0.39 is 0 Å². The highest BCUT2D eigenvalue weighted by Gasteiger charge is 2.26. The van der Waals surface area contributed by atoms with Crippen molar-refractivity contribution in [3.8, 4) is 10.8 Å². The summed E-state index contributed by atoms with van der Waals surface area (Å²) in [6, 6.07) is 4.24. The largest absolute Gasteiger partial charge is 0.444 e. The molecule has 0 spiro atoms. The summed E-state index contributed by atoms with van der Waals surface area (Å²) >= 11 is 1.63. The van der Waals surface area contributed by atoms with Crippen LogP contribution in [0, 0.1) is 0 Å². The van der Waals surface area contributed by atoms with Crippen LogP contribution < -0.4 is 0 Å². The molecule has 0 saturated carbocycles. The van der Waals surface area contributed by atoms with Crippen LogP contribution in [0.15, 0.2) is 28.2 Å². The Morgan fingerprint density at radius 1 is 1.08 bits per heavy atom. The number of carbonyl (C=O) groups is 1. The third kappa shape index (κ3) is 3.88. The normalized spacial score (nSPS) is 19.4. The Labute approximate surface area is 152 Å². The van der Waals surface area contributed by atoms with Gasteiger partial charge < -0.3 is 14.2 Å². The number of aromatic nitrogens is 1. The fourth-order valence-corrected chi connectivity index (χ4v) is 4.16. The fraction of sp³-hybridized carbons (Fsp3) is 0.556. The van der Waals surface area contributed by atoms with Crippen LogP contribution in [0.25, 0.3) is 10.8 Å². The van der Waals surface area contributed by atoms with Crippen LogP contribution in [0.4, 0.5) is 4.79 Å². The second-order valence-electron chi connectivity index (χ2n) is 6.71. The van der Waals surface area contributed by atoms with Crippen molar-refractivity contribution in [1.82, 2.24) is 19.7 Å². The first kappa shape index (κ1) is 16.6. The van der Waals surface area contributed by atoms with Crippen LogP contribution >= 0.6 is 11.3 Å². The van der Waals surface area contributed by atoms with Crippen molar-refractivity contribution in [3.05, 3.63) is 29.5 Å². The Bertz CT molecular complexity index is 686. The lowest BCUT2D eigenvalue weighted by Gasteiger charge is -2.38. The maximum atomic E-state index is 12.6. The molecule has 0 aromatic carbocycles. The number of hydrogen-bond acceptors (Lipinski definition) is 5. The highest BCUT2D eigenvalue weighted by molar-refractivity contribution is 7.13. The summed E-state index contributed by atoms with van der Waals surface area (Å²) in [5.74, 6) is 0.698. The molecule has 2 saturated heterocycles. The minimum atomic E-state index is 0.223. The minimum Gasteiger partial charge on any atom is -0.444 e. The van der Waals surface area contributed by atoms with E-state index in [1.807, 2.05) is 27.3 Å². The Morgan fingerprint density at radius 2 is 1.84 bits per heavy atom. The van der Waals surface area contributed by atoms with Crippen molar-refractivity contribution in [3.63, 3.8) is 0 Å². The van der Waals surface area contributed by atoms with Gasteiger partial charge in [-0.05, 0) is 30.7 Å². The van der Waals surface area contributed by atoms with Crippen molar-refractivity contribution < 1.29 is 9.21 Å². The zero-order valence-corrected chi connectivity index (χ0v) is 15.2. The molecule has 2 aliphatic rings. The lowest BCUT2D eigenvalue weighted by atomic mass is 10.1. The molecule has 2 amide bonds. The number of rotatable bonds is 3. The number of thiophene rings is 1. The summed E-state index contributed by atoms with van der Waals surface area (Å²) in [4.78, 5) is 24.6. The maximum absolute atomic E-state index is 12.6. The first-order valence-electron chi connectivity index (χ1n) is 9.04. The molecule has 2 aliphatic heterocycles. The van der Waals surface area contributed by atoms with Gasteiger partial charge in [0.1, 0.15) is 6.26 Å². The van der Waals surface area contributed by atoms with Crippen molar-refractivity contribution in [2.45, 2.75) is 25.8 Å². The SMILES string of the molecule is O=C(N1CCCCC1)N1CCN(Cc2coc(-c3cccs3)n2)CC1. The molecule has 6 nitrogen and oxygen atoms in total. The lowest BCUT2D eigenvalue weighted by molar-refractivity contribution is 0.104. The van der Waals surface area contributed by atoms with Crippen LogP contribution in [0.1, 0.15) is 25.0 Å². The Morgan fingerprint density at radius 3 is 2.56 bits per heavy atom. The van der Waals surface area contributed by atoms with Crippen LogP contribution in [0.2, 0.25) is 0 Å². The smallest absolute Gasteiger partial charge is 0.320 e. The van der Waals surface area contributed by atoms with E-state index in [9.17, 15) is 4.79 Å². The van der Waals surface area contributed by atoms with Crippen molar-refractivity contribution in [1.29, 1.82) is 0 Å². The van der Waals surface area contributed by atoms with E-state index in [0.717, 1.165) is 69.2 Å². The average molecular weight is 360 g/mol. The Balaban J connectivity index is 1.28. The maximum Gasteiger partial charge on any atom is 0.320 e.